The molecular weight excluding hydrogens is 179 g/mol. The third-order valence-corrected chi connectivity index (χ3v) is 2.03. The lowest BCUT2D eigenvalue weighted by atomic mass is 10.1. The second kappa shape index (κ2) is 3.15. The molecule has 1 N–H and O–H groups in total. The zero-order valence-electron chi connectivity index (χ0n) is 6.34. The second-order valence-corrected chi connectivity index (χ2v) is 2.89. The van der Waals surface area contributed by atoms with Crippen molar-refractivity contribution in [3.05, 3.63) is 29.1 Å². The number of thiol groups is 1. The molecule has 0 saturated heterocycles. The maximum Gasteiger partial charge on any atom is 0.335 e. The van der Waals surface area contributed by atoms with Crippen molar-refractivity contribution in [1.29, 1.82) is 0 Å². The summed E-state index contributed by atoms with van der Waals surface area (Å²) in [6, 6.07) is 2.31. The van der Waals surface area contributed by atoms with E-state index < -0.39 is 11.8 Å². The Kier molecular flexibility index (Phi) is 2.38. The molecule has 0 aliphatic carbocycles. The zero-order chi connectivity index (χ0) is 9.30. The van der Waals surface area contributed by atoms with E-state index in [0.29, 0.717) is 10.5 Å². The Morgan fingerprint density at radius 2 is 2.17 bits per heavy atom. The molecule has 0 spiro atoms. The maximum atomic E-state index is 12.9. The van der Waals surface area contributed by atoms with Crippen molar-refractivity contribution in [3.8, 4) is 0 Å². The second-order valence-electron chi connectivity index (χ2n) is 2.41. The fourth-order valence-electron chi connectivity index (χ4n) is 0.788. The van der Waals surface area contributed by atoms with Crippen LogP contribution in [0.5, 0.6) is 0 Å². The fourth-order valence-corrected chi connectivity index (χ4v) is 1.03. The maximum absolute atomic E-state index is 12.9. The molecule has 1 aromatic carbocycles. The molecule has 4 heteroatoms. The van der Waals surface area contributed by atoms with Crippen LogP contribution < -0.4 is 0 Å². The predicted octanol–water partition coefficient (Wildman–Crippen LogP) is 2.12. The van der Waals surface area contributed by atoms with Gasteiger partial charge >= 0.3 is 5.97 Å². The number of hydrogen-bond donors (Lipinski definition) is 2. The third kappa shape index (κ3) is 1.58. The number of carbonyl (C=O) groups is 1. The Bertz CT molecular complexity index is 313. The highest BCUT2D eigenvalue weighted by Gasteiger charge is 2.08. The Hall–Kier alpha value is -1.03. The van der Waals surface area contributed by atoms with Crippen molar-refractivity contribution in [1.82, 2.24) is 0 Å². The van der Waals surface area contributed by atoms with Gasteiger partial charge in [-0.1, -0.05) is 0 Å². The largest absolute Gasteiger partial charge is 0.478 e. The minimum atomic E-state index is -1.15. The first-order chi connectivity index (χ1) is 5.52. The first-order valence-electron chi connectivity index (χ1n) is 3.25. The van der Waals surface area contributed by atoms with E-state index in [9.17, 15) is 9.18 Å². The van der Waals surface area contributed by atoms with Crippen molar-refractivity contribution in [2.75, 3.05) is 0 Å². The van der Waals surface area contributed by atoms with Gasteiger partial charge in [-0.15, -0.1) is 12.6 Å². The van der Waals surface area contributed by atoms with E-state index in [1.54, 1.807) is 6.92 Å². The van der Waals surface area contributed by atoms with Crippen molar-refractivity contribution in [2.24, 2.45) is 0 Å². The first kappa shape index (κ1) is 9.06. The molecule has 0 saturated carbocycles. The van der Waals surface area contributed by atoms with Gasteiger partial charge in [-0.3, -0.25) is 0 Å². The topological polar surface area (TPSA) is 37.3 Å². The van der Waals surface area contributed by atoms with Gasteiger partial charge < -0.3 is 5.11 Å². The van der Waals surface area contributed by atoms with E-state index in [1.807, 2.05) is 0 Å². The summed E-state index contributed by atoms with van der Waals surface area (Å²) in [6.07, 6.45) is 0. The van der Waals surface area contributed by atoms with E-state index in [1.165, 1.54) is 6.07 Å². The number of aromatic carboxylic acids is 1. The number of carboxylic acid groups (broad SMARTS) is 1. The molecule has 0 heterocycles. The summed E-state index contributed by atoms with van der Waals surface area (Å²) >= 11 is 3.93. The van der Waals surface area contributed by atoms with Crippen LogP contribution in [0.3, 0.4) is 0 Å². The summed E-state index contributed by atoms with van der Waals surface area (Å²) in [5, 5.41) is 8.52. The minimum absolute atomic E-state index is 0.0805. The molecule has 0 radical (unpaired) electrons. The smallest absolute Gasteiger partial charge is 0.335 e. The molecule has 0 atom stereocenters. The van der Waals surface area contributed by atoms with Gasteiger partial charge in [0, 0.05) is 4.90 Å². The highest BCUT2D eigenvalue weighted by Crippen LogP contribution is 2.18. The van der Waals surface area contributed by atoms with Crippen LogP contribution in [0.15, 0.2) is 17.0 Å². The van der Waals surface area contributed by atoms with E-state index in [0.717, 1.165) is 6.07 Å². The third-order valence-electron chi connectivity index (χ3n) is 1.56. The highest BCUT2D eigenvalue weighted by atomic mass is 32.1. The van der Waals surface area contributed by atoms with E-state index in [4.69, 9.17) is 5.11 Å². The van der Waals surface area contributed by atoms with Gasteiger partial charge in [0.05, 0.1) is 5.56 Å². The summed E-state index contributed by atoms with van der Waals surface area (Å²) in [4.78, 5) is 10.8. The van der Waals surface area contributed by atoms with Crippen molar-refractivity contribution in [3.63, 3.8) is 0 Å². The molecule has 0 bridgehead atoms. The molecule has 64 valence electrons. The van der Waals surface area contributed by atoms with Gasteiger partial charge in [-0.2, -0.15) is 0 Å². The van der Waals surface area contributed by atoms with Crippen LogP contribution in [-0.4, -0.2) is 11.1 Å². The number of halogens is 1. The summed E-state index contributed by atoms with van der Waals surface area (Å²) < 4.78 is 12.9. The molecule has 0 fully saturated rings. The van der Waals surface area contributed by atoms with E-state index >= 15 is 0 Å². The summed E-state index contributed by atoms with van der Waals surface area (Å²) in [7, 11) is 0. The van der Waals surface area contributed by atoms with Gasteiger partial charge in [0.2, 0.25) is 0 Å². The monoisotopic (exact) mass is 186 g/mol. The fraction of sp³-hybridized carbons (Fsp3) is 0.125. The summed E-state index contributed by atoms with van der Waals surface area (Å²) in [5.74, 6) is -1.69. The van der Waals surface area contributed by atoms with Crippen LogP contribution in [0.25, 0.3) is 0 Å². The molecule has 1 aromatic rings. The summed E-state index contributed by atoms with van der Waals surface area (Å²) in [6.45, 7) is 1.54. The van der Waals surface area contributed by atoms with E-state index in [2.05, 4.69) is 12.6 Å². The highest BCUT2D eigenvalue weighted by molar-refractivity contribution is 7.80. The van der Waals surface area contributed by atoms with Crippen LogP contribution >= 0.6 is 12.6 Å². The zero-order valence-corrected chi connectivity index (χ0v) is 7.23. The van der Waals surface area contributed by atoms with Gasteiger partial charge in [0.25, 0.3) is 0 Å². The number of benzene rings is 1. The van der Waals surface area contributed by atoms with Crippen LogP contribution in [0.2, 0.25) is 0 Å². The van der Waals surface area contributed by atoms with Crippen molar-refractivity contribution < 1.29 is 14.3 Å². The average molecular weight is 186 g/mol. The van der Waals surface area contributed by atoms with Gasteiger partial charge in [-0.05, 0) is 24.6 Å². The average Bonchev–Trinajstić information content (AvgIpc) is 1.99. The predicted molar refractivity (Wildman–Crippen MR) is 45.3 cm³/mol. The lowest BCUT2D eigenvalue weighted by molar-refractivity contribution is 0.0696. The number of carboxylic acids is 1. The minimum Gasteiger partial charge on any atom is -0.478 e. The van der Waals surface area contributed by atoms with Crippen LogP contribution in [-0.2, 0) is 0 Å². The van der Waals surface area contributed by atoms with Crippen molar-refractivity contribution >= 4 is 18.6 Å². The Morgan fingerprint density at radius 1 is 1.58 bits per heavy atom. The van der Waals surface area contributed by atoms with Crippen LogP contribution in [0.4, 0.5) is 4.39 Å². The molecule has 0 unspecified atom stereocenters. The Morgan fingerprint density at radius 3 is 2.58 bits per heavy atom. The van der Waals surface area contributed by atoms with Crippen LogP contribution in [0, 0.1) is 12.7 Å². The lowest BCUT2D eigenvalue weighted by Gasteiger charge is -2.01. The molecule has 0 amide bonds. The molecule has 0 aliphatic heterocycles. The van der Waals surface area contributed by atoms with Gasteiger partial charge in [-0.25, -0.2) is 9.18 Å². The SMILES string of the molecule is Cc1c(F)cc(C(=O)O)cc1S. The van der Waals surface area contributed by atoms with Gasteiger partial charge in [0.15, 0.2) is 0 Å². The van der Waals surface area contributed by atoms with Crippen LogP contribution in [0.1, 0.15) is 15.9 Å². The normalized spacial score (nSPS) is 9.92. The molecule has 2 nitrogen and oxygen atoms in total. The molecule has 1 rings (SSSR count). The molecule has 0 aromatic heterocycles. The summed E-state index contributed by atoms with van der Waals surface area (Å²) in [5.41, 5.74) is 0.284. The molecule has 12 heavy (non-hydrogen) atoms. The molecule has 0 aliphatic rings. The quantitative estimate of drug-likeness (QED) is 0.659. The van der Waals surface area contributed by atoms with Crippen molar-refractivity contribution in [2.45, 2.75) is 11.8 Å². The standard InChI is InChI=1S/C8H7FO2S/c1-4-6(9)2-5(8(10)11)3-7(4)12/h2-3,12H,1H3,(H,10,11). The van der Waals surface area contributed by atoms with Gasteiger partial charge in [0.1, 0.15) is 5.82 Å². The molecular formula is C8H7FO2S. The Balaban J connectivity index is 3.31. The number of hydrogen-bond acceptors (Lipinski definition) is 2. The number of rotatable bonds is 1. The van der Waals surface area contributed by atoms with E-state index in [-0.39, 0.29) is 5.56 Å². The lowest BCUT2D eigenvalue weighted by Crippen LogP contribution is -1.98. The first-order valence-corrected chi connectivity index (χ1v) is 3.69. The Labute approximate surface area is 74.4 Å².